The van der Waals surface area contributed by atoms with Crippen LogP contribution in [0.4, 0.5) is 0 Å². The van der Waals surface area contributed by atoms with Crippen molar-refractivity contribution < 1.29 is 0 Å². The third-order valence-electron chi connectivity index (χ3n) is 1.76. The van der Waals surface area contributed by atoms with Crippen molar-refractivity contribution in [1.82, 2.24) is 10.2 Å². The molecule has 3 nitrogen and oxygen atoms in total. The van der Waals surface area contributed by atoms with Gasteiger partial charge in [-0.3, -0.25) is 5.10 Å². The largest absolute Gasteiger partial charge is 0.325 e. The number of H-pyrrole nitrogens is 1. The first-order valence-corrected chi connectivity index (χ1v) is 4.98. The van der Waals surface area contributed by atoms with Crippen LogP contribution in [0.15, 0.2) is 18.3 Å². The second-order valence-electron chi connectivity index (χ2n) is 2.57. The summed E-state index contributed by atoms with van der Waals surface area (Å²) in [4.78, 5) is 1.10. The molecule has 5 heteroatoms. The molecule has 2 heterocycles. The maximum Gasteiger partial charge on any atom is 0.0934 e. The normalized spacial score (nSPS) is 10.6. The van der Waals surface area contributed by atoms with Crippen LogP contribution >= 0.6 is 22.9 Å². The van der Waals surface area contributed by atoms with Gasteiger partial charge in [-0.15, -0.1) is 11.3 Å². The van der Waals surface area contributed by atoms with E-state index in [0.717, 1.165) is 20.5 Å². The van der Waals surface area contributed by atoms with Crippen LogP contribution in [-0.2, 0) is 6.54 Å². The van der Waals surface area contributed by atoms with E-state index in [9.17, 15) is 0 Å². The minimum absolute atomic E-state index is 0.463. The summed E-state index contributed by atoms with van der Waals surface area (Å²) in [5.74, 6) is 0. The topological polar surface area (TPSA) is 54.7 Å². The van der Waals surface area contributed by atoms with Crippen molar-refractivity contribution in [1.29, 1.82) is 0 Å². The lowest BCUT2D eigenvalue weighted by atomic mass is 10.2. The Hall–Kier alpha value is -0.840. The van der Waals surface area contributed by atoms with E-state index in [0.29, 0.717) is 6.54 Å². The lowest BCUT2D eigenvalue weighted by Crippen LogP contribution is -1.97. The number of aromatic nitrogens is 2. The molecule has 2 aromatic heterocycles. The number of halogens is 1. The van der Waals surface area contributed by atoms with Crippen molar-refractivity contribution in [2.24, 2.45) is 5.73 Å². The zero-order chi connectivity index (χ0) is 9.26. The SMILES string of the molecule is NCc1[nH]ncc1-c1ccc(Cl)s1. The van der Waals surface area contributed by atoms with Crippen LogP contribution in [0, 0.1) is 0 Å². The van der Waals surface area contributed by atoms with Crippen LogP contribution in [0.25, 0.3) is 10.4 Å². The van der Waals surface area contributed by atoms with E-state index >= 15 is 0 Å². The molecule has 0 saturated carbocycles. The highest BCUT2D eigenvalue weighted by atomic mass is 35.5. The van der Waals surface area contributed by atoms with E-state index < -0.39 is 0 Å². The fraction of sp³-hybridized carbons (Fsp3) is 0.125. The number of hydrogen-bond acceptors (Lipinski definition) is 3. The standard InChI is InChI=1S/C8H8ClN3S/c9-8-2-1-7(13-8)5-4-11-12-6(5)3-10/h1-2,4H,3,10H2,(H,11,12). The predicted octanol–water partition coefficient (Wildman–Crippen LogP) is 2.25. The van der Waals surface area contributed by atoms with Gasteiger partial charge in [0.1, 0.15) is 0 Å². The van der Waals surface area contributed by atoms with E-state index in [1.165, 1.54) is 11.3 Å². The van der Waals surface area contributed by atoms with Gasteiger partial charge in [-0.05, 0) is 12.1 Å². The van der Waals surface area contributed by atoms with Crippen LogP contribution in [0.2, 0.25) is 4.34 Å². The van der Waals surface area contributed by atoms with Crippen LogP contribution in [-0.4, -0.2) is 10.2 Å². The monoisotopic (exact) mass is 213 g/mol. The van der Waals surface area contributed by atoms with Gasteiger partial charge in [-0.25, -0.2) is 0 Å². The first-order valence-electron chi connectivity index (χ1n) is 3.79. The molecule has 68 valence electrons. The number of rotatable bonds is 2. The molecular formula is C8H8ClN3S. The smallest absolute Gasteiger partial charge is 0.0934 e. The Morgan fingerprint density at radius 1 is 1.54 bits per heavy atom. The van der Waals surface area contributed by atoms with Crippen molar-refractivity contribution in [3.05, 3.63) is 28.4 Å². The molecule has 0 aliphatic carbocycles. The Balaban J connectivity index is 2.45. The van der Waals surface area contributed by atoms with E-state index in [1.54, 1.807) is 6.20 Å². The molecule has 0 atom stereocenters. The third-order valence-corrected chi connectivity index (χ3v) is 3.03. The quantitative estimate of drug-likeness (QED) is 0.804. The first-order chi connectivity index (χ1) is 6.31. The van der Waals surface area contributed by atoms with Gasteiger partial charge >= 0.3 is 0 Å². The summed E-state index contributed by atoms with van der Waals surface area (Å²) in [6.45, 7) is 0.463. The van der Waals surface area contributed by atoms with Crippen molar-refractivity contribution in [2.45, 2.75) is 6.54 Å². The minimum Gasteiger partial charge on any atom is -0.325 e. The van der Waals surface area contributed by atoms with Crippen LogP contribution < -0.4 is 5.73 Å². The third kappa shape index (κ3) is 1.60. The van der Waals surface area contributed by atoms with Crippen molar-refractivity contribution in [3.8, 4) is 10.4 Å². The average molecular weight is 214 g/mol. The van der Waals surface area contributed by atoms with Gasteiger partial charge in [0.2, 0.25) is 0 Å². The highest BCUT2D eigenvalue weighted by Crippen LogP contribution is 2.31. The van der Waals surface area contributed by atoms with Gasteiger partial charge in [-0.2, -0.15) is 5.10 Å². The van der Waals surface area contributed by atoms with Gasteiger partial charge in [0.15, 0.2) is 0 Å². The molecule has 0 saturated heterocycles. The molecule has 2 rings (SSSR count). The first kappa shape index (κ1) is 8.74. The summed E-state index contributed by atoms with van der Waals surface area (Å²) in [5, 5.41) is 6.79. The maximum atomic E-state index is 5.83. The minimum atomic E-state index is 0.463. The Morgan fingerprint density at radius 2 is 2.38 bits per heavy atom. The van der Waals surface area contributed by atoms with E-state index in [4.69, 9.17) is 17.3 Å². The van der Waals surface area contributed by atoms with Crippen LogP contribution in [0.5, 0.6) is 0 Å². The number of hydrogen-bond donors (Lipinski definition) is 2. The lowest BCUT2D eigenvalue weighted by Gasteiger charge is -1.94. The fourth-order valence-corrected chi connectivity index (χ4v) is 2.22. The molecule has 13 heavy (non-hydrogen) atoms. The van der Waals surface area contributed by atoms with E-state index in [-0.39, 0.29) is 0 Å². The van der Waals surface area contributed by atoms with Gasteiger partial charge in [0.05, 0.1) is 16.2 Å². The summed E-state index contributed by atoms with van der Waals surface area (Å²) in [6, 6.07) is 3.84. The zero-order valence-corrected chi connectivity index (χ0v) is 8.32. The van der Waals surface area contributed by atoms with Crippen molar-refractivity contribution >= 4 is 22.9 Å². The summed E-state index contributed by atoms with van der Waals surface area (Å²) in [7, 11) is 0. The molecule has 0 fully saturated rings. The molecular weight excluding hydrogens is 206 g/mol. The van der Waals surface area contributed by atoms with Gasteiger partial charge < -0.3 is 5.73 Å². The summed E-state index contributed by atoms with van der Waals surface area (Å²) >= 11 is 7.35. The lowest BCUT2D eigenvalue weighted by molar-refractivity contribution is 0.949. The molecule has 0 amide bonds. The predicted molar refractivity (Wildman–Crippen MR) is 54.8 cm³/mol. The molecule has 0 spiro atoms. The van der Waals surface area contributed by atoms with E-state index in [2.05, 4.69) is 10.2 Å². The van der Waals surface area contributed by atoms with Gasteiger partial charge in [-0.1, -0.05) is 11.6 Å². The molecule has 0 aromatic carbocycles. The number of aromatic amines is 1. The molecule has 0 aliphatic heterocycles. The fourth-order valence-electron chi connectivity index (χ4n) is 1.14. The van der Waals surface area contributed by atoms with Crippen LogP contribution in [0.3, 0.4) is 0 Å². The number of thiophene rings is 1. The number of nitrogens with zero attached hydrogens (tertiary/aromatic N) is 1. The molecule has 0 bridgehead atoms. The molecule has 0 unspecified atom stereocenters. The van der Waals surface area contributed by atoms with Gasteiger partial charge in [0.25, 0.3) is 0 Å². The van der Waals surface area contributed by atoms with Crippen molar-refractivity contribution in [3.63, 3.8) is 0 Å². The summed E-state index contributed by atoms with van der Waals surface area (Å²) in [5.41, 5.74) is 7.52. The van der Waals surface area contributed by atoms with Gasteiger partial charge in [0, 0.05) is 17.0 Å². The zero-order valence-electron chi connectivity index (χ0n) is 6.75. The average Bonchev–Trinajstić information content (AvgIpc) is 2.71. The Morgan fingerprint density at radius 3 is 3.00 bits per heavy atom. The summed E-state index contributed by atoms with van der Waals surface area (Å²) < 4.78 is 0.777. The Kier molecular flexibility index (Phi) is 2.35. The van der Waals surface area contributed by atoms with Crippen LogP contribution in [0.1, 0.15) is 5.69 Å². The second-order valence-corrected chi connectivity index (χ2v) is 4.29. The highest BCUT2D eigenvalue weighted by Gasteiger charge is 2.07. The van der Waals surface area contributed by atoms with E-state index in [1.807, 2.05) is 12.1 Å². The molecule has 0 aliphatic rings. The van der Waals surface area contributed by atoms with Crippen molar-refractivity contribution in [2.75, 3.05) is 0 Å². The number of nitrogens with one attached hydrogen (secondary N) is 1. The molecule has 0 radical (unpaired) electrons. The Labute approximate surface area is 84.5 Å². The second kappa shape index (κ2) is 3.49. The maximum absolute atomic E-state index is 5.83. The Bertz CT molecular complexity index is 407. The summed E-state index contributed by atoms with van der Waals surface area (Å²) in [6.07, 6.45) is 1.77. The molecule has 2 aromatic rings. The molecule has 3 N–H and O–H groups in total. The number of nitrogens with two attached hydrogens (primary N) is 1. The highest BCUT2D eigenvalue weighted by molar-refractivity contribution is 7.19.